The van der Waals surface area contributed by atoms with E-state index in [1.54, 1.807) is 42.5 Å². The second-order valence-corrected chi connectivity index (χ2v) is 34.1. The third-order valence-corrected chi connectivity index (χ3v) is 23.5. The van der Waals surface area contributed by atoms with Crippen LogP contribution in [0, 0.1) is 11.8 Å². The summed E-state index contributed by atoms with van der Waals surface area (Å²) < 4.78 is 24.4. The molecule has 5 atom stereocenters. The summed E-state index contributed by atoms with van der Waals surface area (Å²) in [6.45, 7) is 19.0. The van der Waals surface area contributed by atoms with Crippen LogP contribution in [0.1, 0.15) is 474 Å². The number of hydrogen-bond donors (Lipinski definition) is 5. The number of carbonyl (C=O) groups excluding carboxylic acids is 5. The van der Waals surface area contributed by atoms with Gasteiger partial charge in [0.15, 0.2) is 17.5 Å². The molecule has 2 aromatic carbocycles. The molecule has 0 heterocycles. The molecular formula is C100H178N6O10. The minimum atomic E-state index is -1.14. The van der Waals surface area contributed by atoms with Crippen molar-refractivity contribution < 1.29 is 48.0 Å². The number of anilines is 1. The fraction of sp³-hybridized carbons (Fsp3) is 0.810. The van der Waals surface area contributed by atoms with Gasteiger partial charge in [-0.05, 0) is 101 Å². The van der Waals surface area contributed by atoms with Crippen LogP contribution < -0.4 is 21.5 Å². The number of unbranched alkanes of at least 4 members (excludes halogenated alkanes) is 44. The van der Waals surface area contributed by atoms with Crippen LogP contribution in [-0.4, -0.2) is 92.4 Å². The van der Waals surface area contributed by atoms with Crippen LogP contribution in [-0.2, 0) is 33.3 Å². The van der Waals surface area contributed by atoms with Gasteiger partial charge in [-0.25, -0.2) is 15.0 Å². The zero-order valence-corrected chi connectivity index (χ0v) is 76.1. The Bertz CT molecular complexity index is 2720. The van der Waals surface area contributed by atoms with Crippen molar-refractivity contribution >= 4 is 40.9 Å². The normalized spacial score (nSPS) is 13.2. The van der Waals surface area contributed by atoms with Crippen LogP contribution in [0.4, 0.5) is 11.4 Å². The van der Waals surface area contributed by atoms with E-state index in [2.05, 4.69) is 73.3 Å². The summed E-state index contributed by atoms with van der Waals surface area (Å²) in [4.78, 5) is 66.5. The standard InChI is InChI=1S/C100H178N6O10/c1-9-15-21-27-33-41-51-67-87(69-53-43-37-39-49-63-81-115-99(111)91-75-59-61-77-93(91)103-105-95(85(7)107)97(109)101-79-65-83-113-89(71-55-45-31-25-19-13-5)73-57-47-35-29-23-17-11-3)88(68-52-42-34-28-22-16-10-2)70-54-44-38-40-50-64-82-116-100(112)92-76-60-62-78-94(92)104-106-96(86(8)108)98(110)102-80-66-84-114-90(72-56-46-32-26-20-14-6)74-58-48-36-30-24-18-12-4/h59-62,75-78,87-90,95,103,105,108H,9-58,63-74,79-84H2,1-8H3,(H,101,109)(H,102,110). The Morgan fingerprint density at radius 3 is 1.03 bits per heavy atom. The van der Waals surface area contributed by atoms with Gasteiger partial charge in [0.05, 0.1) is 42.2 Å². The van der Waals surface area contributed by atoms with Crippen LogP contribution in [0.25, 0.3) is 0 Å². The highest BCUT2D eigenvalue weighted by atomic mass is 16.5. The maximum absolute atomic E-state index is 13.5. The Kier molecular flexibility index (Phi) is 72.2. The number of benzene rings is 2. The zero-order valence-electron chi connectivity index (χ0n) is 76.1. The van der Waals surface area contributed by atoms with E-state index >= 15 is 0 Å². The first kappa shape index (κ1) is 107. The van der Waals surface area contributed by atoms with E-state index in [0.717, 1.165) is 76.0 Å². The number of carbonyl (C=O) groups is 5. The lowest BCUT2D eigenvalue weighted by atomic mass is 9.78. The van der Waals surface area contributed by atoms with Crippen molar-refractivity contribution in [2.24, 2.45) is 22.1 Å². The summed E-state index contributed by atoms with van der Waals surface area (Å²) in [5.41, 5.74) is 7.02. The van der Waals surface area contributed by atoms with Gasteiger partial charge in [-0.3, -0.25) is 14.4 Å². The Balaban J connectivity index is 1.90. The van der Waals surface area contributed by atoms with Gasteiger partial charge in [0, 0.05) is 26.3 Å². The number of nitrogens with zero attached hydrogens (tertiary/aromatic N) is 2. The first-order valence-electron chi connectivity index (χ1n) is 49.0. The molecule has 0 spiro atoms. The molecule has 2 rings (SSSR count). The van der Waals surface area contributed by atoms with Gasteiger partial charge in [0.1, 0.15) is 11.4 Å². The van der Waals surface area contributed by atoms with E-state index in [1.807, 2.05) is 6.07 Å². The zero-order chi connectivity index (χ0) is 84.0. The highest BCUT2D eigenvalue weighted by Crippen LogP contribution is 2.35. The third-order valence-electron chi connectivity index (χ3n) is 23.5. The predicted molar refractivity (Wildman–Crippen MR) is 487 cm³/mol. The number of esters is 2. The lowest BCUT2D eigenvalue weighted by molar-refractivity contribution is -0.130. The van der Waals surface area contributed by atoms with Crippen molar-refractivity contribution in [1.82, 2.24) is 16.1 Å². The molecule has 0 aliphatic rings. The van der Waals surface area contributed by atoms with E-state index in [4.69, 9.17) is 18.9 Å². The minimum absolute atomic E-state index is 0.198. The van der Waals surface area contributed by atoms with Crippen molar-refractivity contribution in [3.05, 3.63) is 71.1 Å². The number of Topliss-reactive ketones (excluding diaryl/α,β-unsaturated/α-hetero) is 1. The van der Waals surface area contributed by atoms with Gasteiger partial charge < -0.3 is 40.1 Å². The lowest BCUT2D eigenvalue weighted by Gasteiger charge is -2.28. The maximum Gasteiger partial charge on any atom is 0.340 e. The van der Waals surface area contributed by atoms with E-state index in [0.29, 0.717) is 63.6 Å². The number of nitrogens with one attached hydrogen (secondary N) is 4. The van der Waals surface area contributed by atoms with Crippen molar-refractivity contribution in [3.8, 4) is 0 Å². The molecule has 5 N–H and O–H groups in total. The van der Waals surface area contributed by atoms with Crippen LogP contribution in [0.2, 0.25) is 0 Å². The van der Waals surface area contributed by atoms with Gasteiger partial charge in [-0.2, -0.15) is 0 Å². The van der Waals surface area contributed by atoms with Crippen LogP contribution in [0.5, 0.6) is 0 Å². The van der Waals surface area contributed by atoms with Crippen LogP contribution in [0.15, 0.2) is 70.2 Å². The van der Waals surface area contributed by atoms with Crippen molar-refractivity contribution in [2.75, 3.05) is 44.9 Å². The first-order chi connectivity index (χ1) is 56.8. The number of allylic oxidation sites excluding steroid dienone is 1. The Morgan fingerprint density at radius 1 is 0.353 bits per heavy atom. The number of rotatable bonds is 85. The smallest absolute Gasteiger partial charge is 0.340 e. The summed E-state index contributed by atoms with van der Waals surface area (Å²) >= 11 is 0. The number of amides is 2. The van der Waals surface area contributed by atoms with Crippen molar-refractivity contribution in [3.63, 3.8) is 0 Å². The lowest BCUT2D eigenvalue weighted by Crippen LogP contribution is -2.51. The molecule has 0 aliphatic heterocycles. The van der Waals surface area contributed by atoms with E-state index in [-0.39, 0.29) is 40.7 Å². The monoisotopic (exact) mass is 1620 g/mol. The first-order valence-corrected chi connectivity index (χ1v) is 49.0. The molecule has 116 heavy (non-hydrogen) atoms. The molecule has 0 radical (unpaired) electrons. The molecule has 0 saturated carbocycles. The minimum Gasteiger partial charge on any atom is -0.510 e. The molecular weight excluding hydrogens is 1450 g/mol. The Hall–Kier alpha value is -5.19. The molecule has 0 saturated heterocycles. The molecule has 5 unspecified atom stereocenters. The molecule has 668 valence electrons. The average molecular weight is 1620 g/mol. The number of ketones is 1. The number of azo groups is 1. The molecule has 0 fully saturated rings. The summed E-state index contributed by atoms with van der Waals surface area (Å²) in [6, 6.07) is 12.8. The summed E-state index contributed by atoms with van der Waals surface area (Å²) in [5, 5.41) is 24.8. The fourth-order valence-electron chi connectivity index (χ4n) is 16.1. The molecule has 2 aromatic rings. The van der Waals surface area contributed by atoms with Gasteiger partial charge in [-0.15, -0.1) is 10.2 Å². The fourth-order valence-corrected chi connectivity index (χ4v) is 16.1. The van der Waals surface area contributed by atoms with Gasteiger partial charge >= 0.3 is 11.9 Å². The third kappa shape index (κ3) is 58.7. The molecule has 16 heteroatoms. The number of hydrazine groups is 1. The number of para-hydroxylation sites is 1. The number of hydrogen-bond acceptors (Lipinski definition) is 14. The second kappa shape index (κ2) is 78.4. The van der Waals surface area contributed by atoms with E-state index < -0.39 is 29.8 Å². The second-order valence-electron chi connectivity index (χ2n) is 34.1. The summed E-state index contributed by atoms with van der Waals surface area (Å²) in [7, 11) is 0. The number of ether oxygens (including phenoxy) is 4. The van der Waals surface area contributed by atoms with E-state index in [1.165, 1.54) is 335 Å². The van der Waals surface area contributed by atoms with Crippen molar-refractivity contribution in [2.45, 2.75) is 472 Å². The molecule has 16 nitrogen and oxygen atoms in total. The van der Waals surface area contributed by atoms with Gasteiger partial charge in [-0.1, -0.05) is 413 Å². The van der Waals surface area contributed by atoms with E-state index in [9.17, 15) is 29.1 Å². The summed E-state index contributed by atoms with van der Waals surface area (Å²) in [5.74, 6) is -0.935. The number of aliphatic hydroxyl groups is 1. The van der Waals surface area contributed by atoms with Crippen molar-refractivity contribution in [1.29, 1.82) is 0 Å². The molecule has 0 bridgehead atoms. The van der Waals surface area contributed by atoms with Crippen LogP contribution in [0.3, 0.4) is 0 Å². The molecule has 2 amide bonds. The molecule has 0 aliphatic carbocycles. The predicted octanol–water partition coefficient (Wildman–Crippen LogP) is 29.0. The van der Waals surface area contributed by atoms with Gasteiger partial charge in [0.2, 0.25) is 5.91 Å². The average Bonchev–Trinajstić information content (AvgIpc) is 0.857. The quantitative estimate of drug-likeness (QED) is 0.00795. The molecule has 0 aromatic heterocycles. The summed E-state index contributed by atoms with van der Waals surface area (Å²) in [6.07, 6.45) is 76.4. The Morgan fingerprint density at radius 2 is 0.664 bits per heavy atom. The van der Waals surface area contributed by atoms with Gasteiger partial charge in [0.25, 0.3) is 5.91 Å². The maximum atomic E-state index is 13.5. The highest BCUT2D eigenvalue weighted by molar-refractivity contribution is 6.04. The topological polar surface area (TPSA) is 215 Å². The Labute approximate surface area is 711 Å². The van der Waals surface area contributed by atoms with Crippen LogP contribution >= 0.6 is 0 Å². The largest absolute Gasteiger partial charge is 0.510 e. The number of aliphatic hydroxyl groups excluding tert-OH is 1. The highest BCUT2D eigenvalue weighted by Gasteiger charge is 2.25. The SMILES string of the molecule is CCCCCCCCCC(CCCCCCCC)OCCCNC(=O)C(N=Nc1ccccc1C(=O)OCCCCCCCCC(CCCCCCCCC)C(CCCCCCCCC)CCCCCCCCOC(=O)c1ccccc1NNC(C(C)=O)C(=O)NCCCOC(CCCCCCCC)CCCCCCCCC)=C(C)O.